The number of hydroxylamine groups is 1. The molecule has 1 amide bonds. The molecule has 13 heavy (non-hydrogen) atoms. The molecule has 0 aromatic heterocycles. The maximum Gasteiger partial charge on any atom is 0.249 e. The van der Waals surface area contributed by atoms with E-state index in [-0.39, 0.29) is 17.9 Å². The topological polar surface area (TPSA) is 47.6 Å². The Labute approximate surface area is 78.5 Å². The number of nitrogens with one attached hydrogen (secondary N) is 1. The van der Waals surface area contributed by atoms with Crippen LogP contribution in [0, 0.1) is 5.92 Å². The summed E-state index contributed by atoms with van der Waals surface area (Å²) in [5.74, 6) is -0.116. The molecule has 1 aliphatic rings. The summed E-state index contributed by atoms with van der Waals surface area (Å²) in [5, 5.41) is 0. The Bertz CT molecular complexity index is 172. The highest BCUT2D eigenvalue weighted by molar-refractivity contribution is 5.78. The molecule has 0 saturated carbocycles. The number of carbonyl (C=O) groups is 1. The van der Waals surface area contributed by atoms with Crippen molar-refractivity contribution in [1.82, 2.24) is 5.48 Å². The van der Waals surface area contributed by atoms with E-state index in [1.165, 1.54) is 0 Å². The van der Waals surface area contributed by atoms with E-state index in [1.807, 2.05) is 13.8 Å². The van der Waals surface area contributed by atoms with Gasteiger partial charge in [0.1, 0.15) is 0 Å². The molecule has 0 radical (unpaired) electrons. The molecule has 1 rings (SSSR count). The van der Waals surface area contributed by atoms with E-state index in [4.69, 9.17) is 9.57 Å². The highest BCUT2D eigenvalue weighted by Crippen LogP contribution is 2.20. The van der Waals surface area contributed by atoms with E-state index in [1.54, 1.807) is 0 Å². The maximum absolute atomic E-state index is 11.5. The van der Waals surface area contributed by atoms with Gasteiger partial charge in [-0.2, -0.15) is 0 Å². The van der Waals surface area contributed by atoms with Crippen molar-refractivity contribution >= 4 is 5.91 Å². The van der Waals surface area contributed by atoms with Crippen LogP contribution in [0.15, 0.2) is 0 Å². The van der Waals surface area contributed by atoms with Gasteiger partial charge in [0.2, 0.25) is 5.91 Å². The Morgan fingerprint density at radius 1 is 1.69 bits per heavy atom. The number of ether oxygens (including phenoxy) is 1. The summed E-state index contributed by atoms with van der Waals surface area (Å²) in [4.78, 5) is 16.3. The van der Waals surface area contributed by atoms with Gasteiger partial charge in [0.25, 0.3) is 0 Å². The lowest BCUT2D eigenvalue weighted by atomic mass is 9.95. The zero-order valence-electron chi connectivity index (χ0n) is 8.21. The van der Waals surface area contributed by atoms with Gasteiger partial charge in [0, 0.05) is 6.61 Å². The van der Waals surface area contributed by atoms with E-state index in [0.717, 1.165) is 19.4 Å². The van der Waals surface area contributed by atoms with Crippen molar-refractivity contribution in [3.05, 3.63) is 0 Å². The Balaban J connectivity index is 2.35. The fourth-order valence-electron chi connectivity index (χ4n) is 1.49. The second kappa shape index (κ2) is 5.19. The Kier molecular flexibility index (Phi) is 4.18. The summed E-state index contributed by atoms with van der Waals surface area (Å²) >= 11 is 0. The van der Waals surface area contributed by atoms with E-state index in [2.05, 4.69) is 5.48 Å². The minimum Gasteiger partial charge on any atom is -0.378 e. The van der Waals surface area contributed by atoms with Crippen LogP contribution in [0.25, 0.3) is 0 Å². The predicted molar refractivity (Wildman–Crippen MR) is 47.9 cm³/mol. The summed E-state index contributed by atoms with van der Waals surface area (Å²) in [7, 11) is 0. The molecule has 4 nitrogen and oxygen atoms in total. The average Bonchev–Trinajstić information content (AvgIpc) is 2.15. The van der Waals surface area contributed by atoms with Crippen LogP contribution in [-0.2, 0) is 14.4 Å². The Morgan fingerprint density at radius 3 is 3.08 bits per heavy atom. The highest BCUT2D eigenvalue weighted by Gasteiger charge is 2.28. The van der Waals surface area contributed by atoms with Gasteiger partial charge in [0.15, 0.2) is 0 Å². The zero-order valence-corrected chi connectivity index (χ0v) is 8.21. The van der Waals surface area contributed by atoms with Crippen LogP contribution >= 0.6 is 0 Å². The van der Waals surface area contributed by atoms with Crippen LogP contribution in [0.1, 0.15) is 26.7 Å². The third kappa shape index (κ3) is 2.97. The fourth-order valence-corrected chi connectivity index (χ4v) is 1.49. The summed E-state index contributed by atoms with van der Waals surface area (Å²) in [6.07, 6.45) is 1.85. The molecule has 76 valence electrons. The normalized spacial score (nSPS) is 28.5. The fraction of sp³-hybridized carbons (Fsp3) is 0.889. The van der Waals surface area contributed by atoms with Gasteiger partial charge >= 0.3 is 0 Å². The molecule has 2 atom stereocenters. The van der Waals surface area contributed by atoms with Crippen molar-refractivity contribution in [1.29, 1.82) is 0 Å². The lowest BCUT2D eigenvalue weighted by molar-refractivity contribution is -0.145. The molecule has 4 heteroatoms. The molecule has 0 aromatic rings. The number of hydrogen-bond acceptors (Lipinski definition) is 3. The third-order valence-corrected chi connectivity index (χ3v) is 2.26. The van der Waals surface area contributed by atoms with Gasteiger partial charge in [-0.3, -0.25) is 9.63 Å². The molecule has 1 fully saturated rings. The van der Waals surface area contributed by atoms with Crippen molar-refractivity contribution in [3.8, 4) is 0 Å². The van der Waals surface area contributed by atoms with Crippen molar-refractivity contribution in [2.75, 3.05) is 13.2 Å². The molecular formula is C9H17NO3. The van der Waals surface area contributed by atoms with E-state index >= 15 is 0 Å². The Morgan fingerprint density at radius 2 is 2.46 bits per heavy atom. The first-order valence-electron chi connectivity index (χ1n) is 4.79. The molecule has 0 bridgehead atoms. The average molecular weight is 187 g/mol. The largest absolute Gasteiger partial charge is 0.378 e. The molecule has 1 saturated heterocycles. The summed E-state index contributed by atoms with van der Waals surface area (Å²) < 4.78 is 5.38. The summed E-state index contributed by atoms with van der Waals surface area (Å²) in [6, 6.07) is 0. The minimum absolute atomic E-state index is 0.00852. The van der Waals surface area contributed by atoms with Crippen molar-refractivity contribution in [2.24, 2.45) is 5.92 Å². The molecule has 1 heterocycles. The van der Waals surface area contributed by atoms with Crippen LogP contribution in [0.3, 0.4) is 0 Å². The van der Waals surface area contributed by atoms with Gasteiger partial charge in [-0.15, -0.1) is 0 Å². The summed E-state index contributed by atoms with van der Waals surface area (Å²) in [6.45, 7) is 5.02. The van der Waals surface area contributed by atoms with E-state index < -0.39 is 0 Å². The number of hydrogen-bond donors (Lipinski definition) is 1. The van der Waals surface area contributed by atoms with Gasteiger partial charge in [-0.25, -0.2) is 5.48 Å². The van der Waals surface area contributed by atoms with Crippen molar-refractivity contribution < 1.29 is 14.4 Å². The quantitative estimate of drug-likeness (QED) is 0.667. The van der Waals surface area contributed by atoms with Crippen LogP contribution < -0.4 is 5.48 Å². The standard InChI is InChI=1S/C9H17NO3/c1-3-13-10-9(11)8-5-4-6-12-7(8)2/h7-8H,3-6H2,1-2H3,(H,10,11)/t7-,8-/m0/s1. The number of carbonyl (C=O) groups excluding carboxylic acids is 1. The van der Waals surface area contributed by atoms with Gasteiger partial charge < -0.3 is 4.74 Å². The lowest BCUT2D eigenvalue weighted by Gasteiger charge is -2.27. The second-order valence-corrected chi connectivity index (χ2v) is 3.22. The van der Waals surface area contributed by atoms with Crippen LogP contribution in [0.2, 0.25) is 0 Å². The maximum atomic E-state index is 11.5. The molecule has 1 aliphatic heterocycles. The van der Waals surface area contributed by atoms with E-state index in [9.17, 15) is 4.79 Å². The monoisotopic (exact) mass is 187 g/mol. The molecule has 0 aromatic carbocycles. The predicted octanol–water partition coefficient (Wildman–Crippen LogP) is 0.869. The second-order valence-electron chi connectivity index (χ2n) is 3.22. The molecule has 0 aliphatic carbocycles. The van der Waals surface area contributed by atoms with Gasteiger partial charge in [-0.05, 0) is 26.7 Å². The number of amides is 1. The van der Waals surface area contributed by atoms with Crippen LogP contribution in [0.4, 0.5) is 0 Å². The number of rotatable bonds is 3. The first-order valence-corrected chi connectivity index (χ1v) is 4.79. The lowest BCUT2D eigenvalue weighted by Crippen LogP contribution is -2.40. The third-order valence-electron chi connectivity index (χ3n) is 2.26. The smallest absolute Gasteiger partial charge is 0.249 e. The molecule has 0 unspecified atom stereocenters. The molecule has 1 N–H and O–H groups in total. The Hall–Kier alpha value is -0.610. The first kappa shape index (κ1) is 10.5. The molecular weight excluding hydrogens is 170 g/mol. The van der Waals surface area contributed by atoms with Crippen LogP contribution in [-0.4, -0.2) is 25.2 Å². The van der Waals surface area contributed by atoms with E-state index in [0.29, 0.717) is 6.61 Å². The van der Waals surface area contributed by atoms with Crippen LogP contribution in [0.5, 0.6) is 0 Å². The van der Waals surface area contributed by atoms with Gasteiger partial charge in [-0.1, -0.05) is 0 Å². The minimum atomic E-state index is -0.0611. The first-order chi connectivity index (χ1) is 6.25. The summed E-state index contributed by atoms with van der Waals surface area (Å²) in [5.41, 5.74) is 2.41. The SMILES string of the molecule is CCONC(=O)[C@H]1CCCO[C@H]1C. The van der Waals surface area contributed by atoms with Crippen molar-refractivity contribution in [2.45, 2.75) is 32.8 Å². The zero-order chi connectivity index (χ0) is 9.68. The highest BCUT2D eigenvalue weighted by atomic mass is 16.6. The molecule has 0 spiro atoms. The van der Waals surface area contributed by atoms with Crippen molar-refractivity contribution in [3.63, 3.8) is 0 Å². The van der Waals surface area contributed by atoms with Gasteiger partial charge in [0.05, 0.1) is 18.6 Å².